The second-order valence-corrected chi connectivity index (χ2v) is 23.1. The van der Waals surface area contributed by atoms with E-state index in [1.54, 1.807) is 0 Å². The molecular formula is C66H123NO8. The highest BCUT2D eigenvalue weighted by atomic mass is 16.7. The van der Waals surface area contributed by atoms with Gasteiger partial charge in [0.2, 0.25) is 0 Å². The Morgan fingerprint density at radius 1 is 0.400 bits per heavy atom. The highest BCUT2D eigenvalue weighted by Crippen LogP contribution is 2.18. The van der Waals surface area contributed by atoms with Crippen LogP contribution in [0.5, 0.6) is 0 Å². The van der Waals surface area contributed by atoms with E-state index in [1.165, 1.54) is 205 Å². The second kappa shape index (κ2) is 57.7. The summed E-state index contributed by atoms with van der Waals surface area (Å²) in [5, 5.41) is 11.8. The van der Waals surface area contributed by atoms with Crippen molar-refractivity contribution >= 4 is 17.9 Å². The predicted molar refractivity (Wildman–Crippen MR) is 316 cm³/mol. The van der Waals surface area contributed by atoms with E-state index in [4.69, 9.17) is 18.9 Å². The van der Waals surface area contributed by atoms with E-state index in [0.717, 1.165) is 70.6 Å². The summed E-state index contributed by atoms with van der Waals surface area (Å²) in [6, 6.07) is 0. The number of nitrogens with zero attached hydrogens (tertiary/aromatic N) is 1. The van der Waals surface area contributed by atoms with Crippen LogP contribution in [0, 0.1) is 0 Å². The molecule has 75 heavy (non-hydrogen) atoms. The number of carboxylic acids is 1. The van der Waals surface area contributed by atoms with Gasteiger partial charge in [0.25, 0.3) is 0 Å². The Balaban J connectivity index is 4.13. The number of aliphatic carboxylic acids is 1. The van der Waals surface area contributed by atoms with Crippen LogP contribution in [-0.4, -0.2) is 82.3 Å². The van der Waals surface area contributed by atoms with Crippen molar-refractivity contribution in [3.63, 3.8) is 0 Å². The number of carbonyl (C=O) groups excluding carboxylic acids is 3. The quantitative estimate of drug-likeness (QED) is 0.0195. The van der Waals surface area contributed by atoms with Gasteiger partial charge in [-0.3, -0.25) is 9.59 Å². The fraction of sp³-hybridized carbons (Fsp3) is 0.864. The van der Waals surface area contributed by atoms with Crippen LogP contribution in [0.25, 0.3) is 0 Å². The van der Waals surface area contributed by atoms with Gasteiger partial charge in [0.05, 0.1) is 40.3 Å². The molecular weight excluding hydrogens is 935 g/mol. The monoisotopic (exact) mass is 1060 g/mol. The van der Waals surface area contributed by atoms with E-state index < -0.39 is 24.3 Å². The van der Waals surface area contributed by atoms with Crippen LogP contribution < -0.4 is 5.11 Å². The maximum atomic E-state index is 12.9. The lowest BCUT2D eigenvalue weighted by atomic mass is 10.0. The first-order valence-corrected chi connectivity index (χ1v) is 32.1. The molecule has 0 spiro atoms. The number of unbranched alkanes of at least 4 members (excludes halogenated alkanes) is 39. The largest absolute Gasteiger partial charge is 0.545 e. The van der Waals surface area contributed by atoms with Gasteiger partial charge in [0.1, 0.15) is 13.2 Å². The van der Waals surface area contributed by atoms with Crippen LogP contribution in [0.3, 0.4) is 0 Å². The zero-order valence-electron chi connectivity index (χ0n) is 50.2. The SMILES string of the molecule is CCCCCCC/C=C\C/C=C\C/C=C\CCCCCCCCC(=O)OC(COC(=O)CCCCCCCCCCCCCCCCCCCCCCCCCCCCCCC)COC(OCC[N+](C)(C)C)C(=O)[O-]. The average Bonchev–Trinajstić information content (AvgIpc) is 3.38. The van der Waals surface area contributed by atoms with Gasteiger partial charge in [0, 0.05) is 12.8 Å². The Morgan fingerprint density at radius 2 is 0.720 bits per heavy atom. The van der Waals surface area contributed by atoms with Gasteiger partial charge in [-0.2, -0.15) is 0 Å². The number of esters is 2. The Morgan fingerprint density at radius 3 is 1.07 bits per heavy atom. The first-order chi connectivity index (χ1) is 36.6. The minimum Gasteiger partial charge on any atom is -0.545 e. The summed E-state index contributed by atoms with van der Waals surface area (Å²) in [5.41, 5.74) is 0. The standard InChI is InChI=1S/C66H123NO8/c1-6-8-10-12-14-16-18-20-22-24-26-28-29-30-31-32-33-34-35-37-38-40-42-44-46-48-50-52-54-56-63(68)73-60-62(61-74-66(65(70)71)72-59-58-67(3,4)5)75-64(69)57-55-53-51-49-47-45-43-41-39-36-27-25-23-21-19-17-15-13-11-9-7-2/h19,21,25,27,39,41,62,66H,6-18,20,22-24,26,28-38,40,42-61H2,1-5H3/b21-19-,27-25-,41-39-. The number of quaternary nitrogens is 1. The summed E-state index contributed by atoms with van der Waals surface area (Å²) in [5.74, 6) is -2.28. The van der Waals surface area contributed by atoms with Crippen LogP contribution in [0.2, 0.25) is 0 Å². The summed E-state index contributed by atoms with van der Waals surface area (Å²) < 4.78 is 22.7. The number of ether oxygens (including phenoxy) is 4. The van der Waals surface area contributed by atoms with Gasteiger partial charge < -0.3 is 33.3 Å². The molecule has 0 fully saturated rings. The molecule has 9 heteroatoms. The zero-order chi connectivity index (χ0) is 54.8. The van der Waals surface area contributed by atoms with Crippen molar-refractivity contribution in [3.05, 3.63) is 36.5 Å². The molecule has 0 aromatic carbocycles. The summed E-state index contributed by atoms with van der Waals surface area (Å²) >= 11 is 0. The molecule has 0 N–H and O–H groups in total. The van der Waals surface area contributed by atoms with Crippen molar-refractivity contribution in [1.29, 1.82) is 0 Å². The molecule has 0 aliphatic carbocycles. The number of hydrogen-bond acceptors (Lipinski definition) is 8. The number of carboxylic acid groups (broad SMARTS) is 1. The average molecular weight is 1060 g/mol. The Labute approximate surface area is 464 Å². The first-order valence-electron chi connectivity index (χ1n) is 32.1. The van der Waals surface area contributed by atoms with Crippen LogP contribution >= 0.6 is 0 Å². The molecule has 0 radical (unpaired) electrons. The molecule has 0 aromatic heterocycles. The molecule has 2 atom stereocenters. The van der Waals surface area contributed by atoms with Crippen LogP contribution in [0.4, 0.5) is 0 Å². The maximum absolute atomic E-state index is 12.9. The van der Waals surface area contributed by atoms with Gasteiger partial charge >= 0.3 is 11.9 Å². The van der Waals surface area contributed by atoms with E-state index in [0.29, 0.717) is 23.9 Å². The topological polar surface area (TPSA) is 111 Å². The Bertz CT molecular complexity index is 1320. The predicted octanol–water partition coefficient (Wildman–Crippen LogP) is 17.9. The molecule has 9 nitrogen and oxygen atoms in total. The van der Waals surface area contributed by atoms with E-state index in [9.17, 15) is 19.5 Å². The highest BCUT2D eigenvalue weighted by Gasteiger charge is 2.22. The maximum Gasteiger partial charge on any atom is 0.306 e. The van der Waals surface area contributed by atoms with E-state index >= 15 is 0 Å². The minimum absolute atomic E-state index is 0.146. The summed E-state index contributed by atoms with van der Waals surface area (Å²) in [6.45, 7) is 4.77. The van der Waals surface area contributed by atoms with E-state index in [-0.39, 0.29) is 32.2 Å². The van der Waals surface area contributed by atoms with Crippen LogP contribution in [-0.2, 0) is 33.3 Å². The number of carbonyl (C=O) groups is 3. The third-order valence-corrected chi connectivity index (χ3v) is 14.4. The zero-order valence-corrected chi connectivity index (χ0v) is 50.2. The van der Waals surface area contributed by atoms with Gasteiger partial charge in [-0.25, -0.2) is 0 Å². The summed E-state index contributed by atoms with van der Waals surface area (Å²) in [4.78, 5) is 37.4. The van der Waals surface area contributed by atoms with E-state index in [1.807, 2.05) is 21.1 Å². The number of hydrogen-bond donors (Lipinski definition) is 0. The van der Waals surface area contributed by atoms with Crippen molar-refractivity contribution in [2.24, 2.45) is 0 Å². The molecule has 2 unspecified atom stereocenters. The molecule has 0 bridgehead atoms. The van der Waals surface area contributed by atoms with Crippen LogP contribution in [0.1, 0.15) is 309 Å². The fourth-order valence-electron chi connectivity index (χ4n) is 9.43. The smallest absolute Gasteiger partial charge is 0.306 e. The van der Waals surface area contributed by atoms with E-state index in [2.05, 4.69) is 50.3 Å². The molecule has 0 heterocycles. The number of likely N-dealkylation sites (N-methyl/N-ethyl adjacent to an activating group) is 1. The molecule has 0 aliphatic rings. The molecule has 0 aromatic rings. The van der Waals surface area contributed by atoms with Crippen molar-refractivity contribution in [2.45, 2.75) is 322 Å². The fourth-order valence-corrected chi connectivity index (χ4v) is 9.43. The van der Waals surface area contributed by atoms with Crippen molar-refractivity contribution < 1.29 is 42.9 Å². The van der Waals surface area contributed by atoms with Crippen LogP contribution in [0.15, 0.2) is 36.5 Å². The Kier molecular flexibility index (Phi) is 55.8. The molecule has 0 amide bonds. The Hall–Kier alpha value is -2.49. The first kappa shape index (κ1) is 72.5. The summed E-state index contributed by atoms with van der Waals surface area (Å²) in [6.07, 6.45) is 67.9. The van der Waals surface area contributed by atoms with Gasteiger partial charge in [-0.1, -0.05) is 281 Å². The number of allylic oxidation sites excluding steroid dienone is 6. The highest BCUT2D eigenvalue weighted by molar-refractivity contribution is 5.70. The third kappa shape index (κ3) is 59.0. The van der Waals surface area contributed by atoms with Gasteiger partial charge in [-0.15, -0.1) is 0 Å². The van der Waals surface area contributed by atoms with Crippen molar-refractivity contribution in [2.75, 3.05) is 47.5 Å². The third-order valence-electron chi connectivity index (χ3n) is 14.4. The van der Waals surface area contributed by atoms with Gasteiger partial charge in [-0.05, 0) is 51.4 Å². The molecule has 0 rings (SSSR count). The normalized spacial score (nSPS) is 12.9. The lowest BCUT2D eigenvalue weighted by molar-refractivity contribution is -0.870. The molecule has 0 saturated carbocycles. The molecule has 0 saturated heterocycles. The molecule has 0 aliphatic heterocycles. The lowest BCUT2D eigenvalue weighted by Gasteiger charge is -2.26. The second-order valence-electron chi connectivity index (χ2n) is 23.1. The molecule has 440 valence electrons. The van der Waals surface area contributed by atoms with Gasteiger partial charge in [0.15, 0.2) is 12.4 Å². The van der Waals surface area contributed by atoms with Crippen molar-refractivity contribution in [1.82, 2.24) is 0 Å². The number of rotatable bonds is 60. The minimum atomic E-state index is -1.62. The van der Waals surface area contributed by atoms with Crippen molar-refractivity contribution in [3.8, 4) is 0 Å². The summed E-state index contributed by atoms with van der Waals surface area (Å²) in [7, 11) is 5.93. The lowest BCUT2D eigenvalue weighted by Crippen LogP contribution is -2.44.